The largest absolute Gasteiger partial charge is 0.376 e. The molecule has 0 aliphatic rings. The summed E-state index contributed by atoms with van der Waals surface area (Å²) in [5, 5.41) is 3.43. The molecule has 0 fully saturated rings. The van der Waals surface area contributed by atoms with Gasteiger partial charge in [-0.05, 0) is 16.7 Å². The Labute approximate surface area is 121 Å². The minimum absolute atomic E-state index is 0.619. The number of azide groups is 1. The quantitative estimate of drug-likeness (QED) is 0.463. The van der Waals surface area contributed by atoms with E-state index in [9.17, 15) is 4.39 Å². The summed E-state index contributed by atoms with van der Waals surface area (Å²) in [6.45, 7) is -0.781. The van der Waals surface area contributed by atoms with Crippen LogP contribution < -0.4 is 0 Å². The van der Waals surface area contributed by atoms with Crippen molar-refractivity contribution in [2.45, 2.75) is 12.1 Å². The molecule has 0 aliphatic heterocycles. The van der Waals surface area contributed by atoms with E-state index in [-0.39, 0.29) is 0 Å². The molecule has 108 valence electrons. The van der Waals surface area contributed by atoms with Crippen LogP contribution in [0.5, 0.6) is 0 Å². The highest BCUT2D eigenvalue weighted by atomic mass is 19.1. The van der Waals surface area contributed by atoms with Crippen molar-refractivity contribution in [1.29, 1.82) is 0 Å². The summed E-state index contributed by atoms with van der Waals surface area (Å²) in [6.07, 6.45) is 4.26. The van der Waals surface area contributed by atoms with Gasteiger partial charge < -0.3 is 4.74 Å². The molecule has 1 aromatic carbocycles. The van der Waals surface area contributed by atoms with Gasteiger partial charge in [-0.25, -0.2) is 9.97 Å². The van der Waals surface area contributed by atoms with Gasteiger partial charge in [0, 0.05) is 30.0 Å². The van der Waals surface area contributed by atoms with Crippen molar-refractivity contribution in [2.75, 3.05) is 13.8 Å². The standard InChI is InChI=1S/C14H14FN5O/c1-21-14(13(6-15)19-20-16)11-4-2-10(3-5-11)12-7-17-9-18-8-12/h2-5,7-9,13-14H,6H2,1H3/t13-,14-/m1/s1. The average Bonchev–Trinajstić information content (AvgIpc) is 2.56. The number of ether oxygens (including phenoxy) is 1. The Hall–Kier alpha value is -2.50. The maximum Gasteiger partial charge on any atom is 0.115 e. The molecule has 0 radical (unpaired) electrons. The summed E-state index contributed by atoms with van der Waals surface area (Å²) < 4.78 is 18.2. The molecule has 0 unspecified atom stereocenters. The number of halogens is 1. The molecule has 2 atom stereocenters. The molecule has 1 aromatic heterocycles. The number of alkyl halides is 1. The highest BCUT2D eigenvalue weighted by molar-refractivity contribution is 5.61. The van der Waals surface area contributed by atoms with Crippen LogP contribution in [-0.4, -0.2) is 29.8 Å². The van der Waals surface area contributed by atoms with Gasteiger partial charge >= 0.3 is 0 Å². The first-order chi connectivity index (χ1) is 10.3. The lowest BCUT2D eigenvalue weighted by atomic mass is 10.00. The molecular weight excluding hydrogens is 273 g/mol. The fourth-order valence-electron chi connectivity index (χ4n) is 2.07. The normalized spacial score (nSPS) is 13.2. The summed E-state index contributed by atoms with van der Waals surface area (Å²) in [4.78, 5) is 10.6. The molecule has 0 saturated carbocycles. The van der Waals surface area contributed by atoms with Crippen LogP contribution in [0.4, 0.5) is 4.39 Å². The third-order valence-electron chi connectivity index (χ3n) is 3.09. The summed E-state index contributed by atoms with van der Waals surface area (Å²) in [7, 11) is 1.46. The number of rotatable bonds is 6. The lowest BCUT2D eigenvalue weighted by molar-refractivity contribution is 0.0722. The predicted molar refractivity (Wildman–Crippen MR) is 76.1 cm³/mol. The Kier molecular flexibility index (Phi) is 5.20. The molecule has 7 heteroatoms. The number of hydrogen-bond donors (Lipinski definition) is 0. The molecule has 2 rings (SSSR count). The monoisotopic (exact) mass is 287 g/mol. The van der Waals surface area contributed by atoms with Gasteiger partial charge in [0.05, 0.1) is 12.1 Å². The first-order valence-electron chi connectivity index (χ1n) is 6.28. The van der Waals surface area contributed by atoms with Crippen LogP contribution >= 0.6 is 0 Å². The van der Waals surface area contributed by atoms with E-state index in [1.807, 2.05) is 24.3 Å². The smallest absolute Gasteiger partial charge is 0.115 e. The summed E-state index contributed by atoms with van der Waals surface area (Å²) >= 11 is 0. The Balaban J connectivity index is 2.26. The van der Waals surface area contributed by atoms with Crippen LogP contribution in [0.15, 0.2) is 48.1 Å². The van der Waals surface area contributed by atoms with E-state index in [2.05, 4.69) is 20.0 Å². The van der Waals surface area contributed by atoms with Crippen molar-refractivity contribution >= 4 is 0 Å². The molecule has 2 aromatic rings. The zero-order valence-corrected chi connectivity index (χ0v) is 11.4. The molecule has 0 amide bonds. The van der Waals surface area contributed by atoms with Crippen LogP contribution in [0.1, 0.15) is 11.7 Å². The second-order valence-electron chi connectivity index (χ2n) is 4.33. The second kappa shape index (κ2) is 7.33. The van der Waals surface area contributed by atoms with E-state index >= 15 is 0 Å². The maximum atomic E-state index is 13.0. The van der Waals surface area contributed by atoms with Crippen molar-refractivity contribution in [3.8, 4) is 11.1 Å². The number of nitrogens with zero attached hydrogens (tertiary/aromatic N) is 5. The topological polar surface area (TPSA) is 83.8 Å². The number of aromatic nitrogens is 2. The van der Waals surface area contributed by atoms with Crippen LogP contribution in [0.25, 0.3) is 21.6 Å². The first-order valence-corrected chi connectivity index (χ1v) is 6.28. The SMILES string of the molecule is CO[C@H](c1ccc(-c2cncnc2)cc1)[C@@H](CF)N=[N+]=[N-]. The molecule has 1 heterocycles. The Morgan fingerprint density at radius 2 is 1.90 bits per heavy atom. The third-order valence-corrected chi connectivity index (χ3v) is 3.09. The zero-order valence-electron chi connectivity index (χ0n) is 11.4. The van der Waals surface area contributed by atoms with E-state index in [1.54, 1.807) is 12.4 Å². The number of methoxy groups -OCH3 is 1. The number of hydrogen-bond acceptors (Lipinski definition) is 4. The molecule has 0 spiro atoms. The Bertz CT molecular complexity index is 613. The van der Waals surface area contributed by atoms with Gasteiger partial charge in [0.15, 0.2) is 0 Å². The zero-order chi connectivity index (χ0) is 15.1. The van der Waals surface area contributed by atoms with E-state index in [0.29, 0.717) is 0 Å². The summed E-state index contributed by atoms with van der Waals surface area (Å²) in [5.41, 5.74) is 11.0. The first kappa shape index (κ1) is 14.9. The summed E-state index contributed by atoms with van der Waals surface area (Å²) in [5.74, 6) is 0. The minimum Gasteiger partial charge on any atom is -0.376 e. The molecule has 0 bridgehead atoms. The maximum absolute atomic E-state index is 13.0. The molecular formula is C14H14FN5O. The molecule has 6 nitrogen and oxygen atoms in total. The van der Waals surface area contributed by atoms with Crippen LogP contribution in [0, 0.1) is 0 Å². The Morgan fingerprint density at radius 1 is 1.24 bits per heavy atom. The van der Waals surface area contributed by atoms with Crippen molar-refractivity contribution < 1.29 is 9.13 Å². The van der Waals surface area contributed by atoms with E-state index in [1.165, 1.54) is 13.4 Å². The lowest BCUT2D eigenvalue weighted by Crippen LogP contribution is -2.20. The van der Waals surface area contributed by atoms with Crippen LogP contribution in [-0.2, 0) is 4.74 Å². The average molecular weight is 287 g/mol. The van der Waals surface area contributed by atoms with Gasteiger partial charge in [-0.2, -0.15) is 0 Å². The molecule has 0 N–H and O–H groups in total. The molecule has 0 aliphatic carbocycles. The van der Waals surface area contributed by atoms with Crippen LogP contribution in [0.2, 0.25) is 0 Å². The molecule has 21 heavy (non-hydrogen) atoms. The highest BCUT2D eigenvalue weighted by Gasteiger charge is 2.22. The number of benzene rings is 1. The second-order valence-corrected chi connectivity index (χ2v) is 4.33. The van der Waals surface area contributed by atoms with Gasteiger partial charge in [0.2, 0.25) is 0 Å². The summed E-state index contributed by atoms with van der Waals surface area (Å²) in [6, 6.07) is 6.47. The van der Waals surface area contributed by atoms with Crippen molar-refractivity contribution in [3.63, 3.8) is 0 Å². The lowest BCUT2D eigenvalue weighted by Gasteiger charge is -2.20. The van der Waals surface area contributed by atoms with E-state index in [0.717, 1.165) is 16.7 Å². The minimum atomic E-state index is -0.883. The van der Waals surface area contributed by atoms with Crippen LogP contribution in [0.3, 0.4) is 0 Å². The van der Waals surface area contributed by atoms with Gasteiger partial charge in [-0.1, -0.05) is 29.4 Å². The van der Waals surface area contributed by atoms with Crippen molar-refractivity contribution in [3.05, 3.63) is 59.0 Å². The van der Waals surface area contributed by atoms with Gasteiger partial charge in [0.25, 0.3) is 0 Å². The van der Waals surface area contributed by atoms with Gasteiger partial charge in [-0.15, -0.1) is 0 Å². The van der Waals surface area contributed by atoms with Crippen molar-refractivity contribution in [1.82, 2.24) is 9.97 Å². The fraction of sp³-hybridized carbons (Fsp3) is 0.286. The van der Waals surface area contributed by atoms with E-state index < -0.39 is 18.8 Å². The van der Waals surface area contributed by atoms with Gasteiger partial charge in [0.1, 0.15) is 13.0 Å². The third kappa shape index (κ3) is 3.53. The molecule has 0 saturated heterocycles. The van der Waals surface area contributed by atoms with Crippen molar-refractivity contribution in [2.24, 2.45) is 5.11 Å². The highest BCUT2D eigenvalue weighted by Crippen LogP contribution is 2.26. The Morgan fingerprint density at radius 3 is 2.43 bits per heavy atom. The predicted octanol–water partition coefficient (Wildman–Crippen LogP) is 3.48. The fourth-order valence-corrected chi connectivity index (χ4v) is 2.07. The van der Waals surface area contributed by atoms with E-state index in [4.69, 9.17) is 10.3 Å². The van der Waals surface area contributed by atoms with Gasteiger partial charge in [-0.3, -0.25) is 4.39 Å².